The standard InChI is InChI=1S/C18H39S.C8HF15O2/c1-4-7-10-13-16-19(17-14-11-8-5-2)18-15-12-9-6-3;9-2(10,1(24)25)3(11,12)4(13,14)5(15,16)6(17,18)7(19,20)8(21,22)23/h4-18H2,1-3H3;(H,24,25)/q+1;/p-1. The molecule has 0 aromatic rings. The SMILES string of the molecule is CCCCCC[S+](CCCCCC)CCCCCC.O=C([O-])C(F)(F)C(F)(F)C(F)(F)C(F)(F)C(F)(F)C(F)(F)C(F)(F)F. The first-order valence-corrected chi connectivity index (χ1v) is 15.7. The summed E-state index contributed by atoms with van der Waals surface area (Å²) in [5.74, 6) is -48.7. The van der Waals surface area contributed by atoms with Gasteiger partial charge in [0.1, 0.15) is 23.2 Å². The topological polar surface area (TPSA) is 40.1 Å². The highest BCUT2D eigenvalue weighted by Gasteiger charge is 2.93. The lowest BCUT2D eigenvalue weighted by Gasteiger charge is -2.41. The van der Waals surface area contributed by atoms with Gasteiger partial charge in [0.15, 0.2) is 0 Å². The Hall–Kier alpha value is -1.23. The van der Waals surface area contributed by atoms with Crippen LogP contribution in [0.25, 0.3) is 0 Å². The van der Waals surface area contributed by atoms with Crippen LogP contribution < -0.4 is 5.11 Å². The van der Waals surface area contributed by atoms with Crippen LogP contribution in [0.15, 0.2) is 0 Å². The quantitative estimate of drug-likeness (QED) is 0.0680. The number of carbonyl (C=O) groups is 1. The highest BCUT2D eigenvalue weighted by molar-refractivity contribution is 7.96. The molecule has 0 aliphatic heterocycles. The Labute approximate surface area is 249 Å². The Balaban J connectivity index is 0. The normalized spacial score (nSPS) is 14.1. The van der Waals surface area contributed by atoms with Crippen LogP contribution in [0.4, 0.5) is 65.9 Å². The van der Waals surface area contributed by atoms with Crippen LogP contribution in [-0.4, -0.2) is 64.9 Å². The molecule has 0 fully saturated rings. The third kappa shape index (κ3) is 10.9. The molecule has 18 heteroatoms. The van der Waals surface area contributed by atoms with E-state index < -0.39 is 47.7 Å². The van der Waals surface area contributed by atoms with Gasteiger partial charge in [0.05, 0.1) is 0 Å². The van der Waals surface area contributed by atoms with Crippen molar-refractivity contribution in [3.05, 3.63) is 0 Å². The molecule has 266 valence electrons. The van der Waals surface area contributed by atoms with Crippen LogP contribution in [-0.2, 0) is 15.7 Å². The van der Waals surface area contributed by atoms with Crippen molar-refractivity contribution in [2.24, 2.45) is 0 Å². The van der Waals surface area contributed by atoms with E-state index in [4.69, 9.17) is 0 Å². The van der Waals surface area contributed by atoms with Crippen LogP contribution in [0.1, 0.15) is 97.8 Å². The molecule has 0 radical (unpaired) electrons. The molecule has 0 unspecified atom stereocenters. The van der Waals surface area contributed by atoms with E-state index in [0.29, 0.717) is 0 Å². The van der Waals surface area contributed by atoms with E-state index in [-0.39, 0.29) is 0 Å². The Morgan fingerprint density at radius 2 is 0.727 bits per heavy atom. The molecule has 0 aliphatic carbocycles. The van der Waals surface area contributed by atoms with E-state index >= 15 is 0 Å². The first-order chi connectivity index (χ1) is 19.8. The molecule has 0 atom stereocenters. The molecule has 0 spiro atoms. The minimum atomic E-state index is -8.50. The van der Waals surface area contributed by atoms with Gasteiger partial charge in [0, 0.05) is 0 Å². The van der Waals surface area contributed by atoms with Crippen LogP contribution in [0.5, 0.6) is 0 Å². The summed E-state index contributed by atoms with van der Waals surface area (Å²) in [5.41, 5.74) is 0. The molecule has 0 aliphatic rings. The molecular weight excluding hydrogens is 661 g/mol. The maximum atomic E-state index is 12.8. The number of halogens is 15. The van der Waals surface area contributed by atoms with Gasteiger partial charge in [-0.05, 0) is 49.4 Å². The van der Waals surface area contributed by atoms with Crippen LogP contribution in [0.3, 0.4) is 0 Å². The van der Waals surface area contributed by atoms with E-state index in [9.17, 15) is 75.8 Å². The van der Waals surface area contributed by atoms with E-state index in [1.54, 1.807) is 0 Å². The predicted molar refractivity (Wildman–Crippen MR) is 135 cm³/mol. The number of carboxylic acid groups (broad SMARTS) is 1. The van der Waals surface area contributed by atoms with Crippen LogP contribution >= 0.6 is 0 Å². The summed E-state index contributed by atoms with van der Waals surface area (Å²) in [5, 5.41) is 9.61. The van der Waals surface area contributed by atoms with Gasteiger partial charge in [-0.3, -0.25) is 0 Å². The van der Waals surface area contributed by atoms with Crippen molar-refractivity contribution in [2.45, 2.75) is 140 Å². The lowest BCUT2D eigenvalue weighted by Crippen LogP contribution is -2.74. The molecule has 2 nitrogen and oxygen atoms in total. The number of aliphatic carboxylic acids is 1. The summed E-state index contributed by atoms with van der Waals surface area (Å²) in [7, 11) is 0.765. The minimum absolute atomic E-state index is 0.765. The Bertz CT molecular complexity index is 789. The molecular formula is C26H39F15O2S. The Morgan fingerprint density at radius 1 is 0.455 bits per heavy atom. The van der Waals surface area contributed by atoms with Gasteiger partial charge in [0.2, 0.25) is 0 Å². The van der Waals surface area contributed by atoms with Crippen molar-refractivity contribution in [1.29, 1.82) is 0 Å². The maximum Gasteiger partial charge on any atom is 0.460 e. The van der Waals surface area contributed by atoms with Crippen LogP contribution in [0.2, 0.25) is 0 Å². The average Bonchev–Trinajstić information content (AvgIpc) is 2.90. The van der Waals surface area contributed by atoms with Gasteiger partial charge in [-0.25, -0.2) is 0 Å². The summed E-state index contributed by atoms with van der Waals surface area (Å²) < 4.78 is 186. The second kappa shape index (κ2) is 18.2. The second-order valence-electron chi connectivity index (χ2n) is 10.1. The number of carbonyl (C=O) groups excluding carboxylic acids is 1. The zero-order valence-corrected chi connectivity index (χ0v) is 25.3. The molecule has 0 saturated heterocycles. The van der Waals surface area contributed by atoms with Crippen molar-refractivity contribution in [2.75, 3.05) is 17.3 Å². The average molecular weight is 701 g/mol. The minimum Gasteiger partial charge on any atom is -0.544 e. The summed E-state index contributed by atoms with van der Waals surface area (Å²) >= 11 is 0. The number of unbranched alkanes of at least 4 members (excludes halogenated alkanes) is 9. The fourth-order valence-electron chi connectivity index (χ4n) is 3.60. The maximum absolute atomic E-state index is 12.8. The van der Waals surface area contributed by atoms with Gasteiger partial charge >= 0.3 is 41.7 Å². The zero-order chi connectivity index (χ0) is 35.3. The van der Waals surface area contributed by atoms with Crippen molar-refractivity contribution < 1.29 is 75.8 Å². The predicted octanol–water partition coefficient (Wildman–Crippen LogP) is 9.46. The Morgan fingerprint density at radius 3 is 0.977 bits per heavy atom. The van der Waals surface area contributed by atoms with Gasteiger partial charge in [-0.2, -0.15) is 65.9 Å². The summed E-state index contributed by atoms with van der Waals surface area (Å²) in [6.07, 6.45) is 9.69. The van der Waals surface area contributed by atoms with E-state index in [1.165, 1.54) is 94.3 Å². The van der Waals surface area contributed by atoms with Crippen molar-refractivity contribution in [3.63, 3.8) is 0 Å². The van der Waals surface area contributed by atoms with Crippen LogP contribution in [0, 0.1) is 0 Å². The largest absolute Gasteiger partial charge is 0.544 e. The fourth-order valence-corrected chi connectivity index (χ4v) is 6.05. The molecule has 0 bridgehead atoms. The third-order valence-electron chi connectivity index (χ3n) is 6.44. The lowest BCUT2D eigenvalue weighted by molar-refractivity contribution is -0.454. The highest BCUT2D eigenvalue weighted by Crippen LogP contribution is 2.62. The third-order valence-corrected chi connectivity index (χ3v) is 9.04. The van der Waals surface area contributed by atoms with Gasteiger partial charge in [-0.1, -0.05) is 59.3 Å². The summed E-state index contributed by atoms with van der Waals surface area (Å²) in [4.78, 5) is 9.61. The van der Waals surface area contributed by atoms with Gasteiger partial charge in [0.25, 0.3) is 0 Å². The van der Waals surface area contributed by atoms with E-state index in [1.807, 2.05) is 0 Å². The molecule has 0 aromatic heterocycles. The molecule has 44 heavy (non-hydrogen) atoms. The lowest BCUT2D eigenvalue weighted by atomic mass is 9.91. The summed E-state index contributed by atoms with van der Waals surface area (Å²) in [6, 6.07) is 0. The Kier molecular flexibility index (Phi) is 18.6. The van der Waals surface area contributed by atoms with Crippen molar-refractivity contribution in [1.82, 2.24) is 0 Å². The number of rotatable bonds is 21. The van der Waals surface area contributed by atoms with Crippen molar-refractivity contribution >= 4 is 16.9 Å². The smallest absolute Gasteiger partial charge is 0.460 e. The molecule has 0 heterocycles. The number of hydrogen-bond acceptors (Lipinski definition) is 2. The van der Waals surface area contributed by atoms with E-state index in [2.05, 4.69) is 20.8 Å². The van der Waals surface area contributed by atoms with E-state index in [0.717, 1.165) is 10.9 Å². The zero-order valence-electron chi connectivity index (χ0n) is 24.5. The first kappa shape index (κ1) is 44.9. The second-order valence-corrected chi connectivity index (χ2v) is 12.6. The summed E-state index contributed by atoms with van der Waals surface area (Å²) in [6.45, 7) is 6.94. The molecule has 0 amide bonds. The molecule has 0 saturated carbocycles. The van der Waals surface area contributed by atoms with Crippen molar-refractivity contribution in [3.8, 4) is 0 Å². The van der Waals surface area contributed by atoms with Gasteiger partial charge < -0.3 is 9.90 Å². The highest BCUT2D eigenvalue weighted by atomic mass is 32.2. The molecule has 0 aromatic carbocycles. The van der Waals surface area contributed by atoms with Gasteiger partial charge in [-0.15, -0.1) is 0 Å². The first-order valence-electron chi connectivity index (χ1n) is 14.0. The number of alkyl halides is 15. The number of carboxylic acids is 1. The monoisotopic (exact) mass is 700 g/mol. The fraction of sp³-hybridized carbons (Fsp3) is 0.962. The number of hydrogen-bond donors (Lipinski definition) is 0. The molecule has 0 rings (SSSR count). The molecule has 0 N–H and O–H groups in total.